The summed E-state index contributed by atoms with van der Waals surface area (Å²) in [4.78, 5) is 18.6. The highest BCUT2D eigenvalue weighted by Gasteiger charge is 2.50. The van der Waals surface area contributed by atoms with Gasteiger partial charge >= 0.3 is 0 Å². The van der Waals surface area contributed by atoms with E-state index in [1.54, 1.807) is 0 Å². The van der Waals surface area contributed by atoms with E-state index in [1.807, 2.05) is 26.1 Å². The molecule has 1 fully saturated rings. The van der Waals surface area contributed by atoms with Crippen LogP contribution in [0.4, 0.5) is 5.69 Å². The standard InChI is InChI=1S/C30H35N3O2/c1-30(18-23(34)19-31-2)25-11-3-4-12-26(25)33(29(30)35)22-13-15-32(16-14-22)27-17-21-9-5-7-20-8-6-10-24(27)28(20)21/h3-12,22-23,27,31,34H,13-19H2,1-2H3. The Labute approximate surface area is 207 Å². The summed E-state index contributed by atoms with van der Waals surface area (Å²) in [5.41, 5.74) is 4.33. The van der Waals surface area contributed by atoms with Crippen LogP contribution in [-0.2, 0) is 16.6 Å². The Balaban J connectivity index is 1.21. The molecule has 0 bridgehead atoms. The smallest absolute Gasteiger partial charge is 0.237 e. The SMILES string of the molecule is CNCC(O)CC1(C)C(=O)N(C2CCN(C3Cc4cccc5cccc3c45)CC2)c2ccccc21. The number of fused-ring (bicyclic) bond motifs is 1. The van der Waals surface area contributed by atoms with E-state index < -0.39 is 11.5 Å². The molecule has 2 heterocycles. The molecule has 0 aromatic heterocycles. The molecule has 1 amide bonds. The van der Waals surface area contributed by atoms with Crippen LogP contribution in [0.15, 0.2) is 60.7 Å². The van der Waals surface area contributed by atoms with E-state index in [1.165, 1.54) is 21.9 Å². The molecule has 35 heavy (non-hydrogen) atoms. The molecule has 1 saturated heterocycles. The number of aliphatic hydroxyl groups excluding tert-OH is 1. The van der Waals surface area contributed by atoms with Gasteiger partial charge in [0.1, 0.15) is 0 Å². The second kappa shape index (κ2) is 8.74. The van der Waals surface area contributed by atoms with Crippen molar-refractivity contribution in [3.63, 3.8) is 0 Å². The number of nitrogens with zero attached hydrogens (tertiary/aromatic N) is 2. The highest BCUT2D eigenvalue weighted by atomic mass is 16.3. The number of carbonyl (C=O) groups is 1. The van der Waals surface area contributed by atoms with Crippen LogP contribution in [0.5, 0.6) is 0 Å². The van der Waals surface area contributed by atoms with E-state index in [9.17, 15) is 9.90 Å². The number of para-hydroxylation sites is 1. The van der Waals surface area contributed by atoms with Crippen molar-refractivity contribution in [3.05, 3.63) is 77.4 Å². The first kappa shape index (κ1) is 22.7. The Bertz CT molecular complexity index is 1260. The van der Waals surface area contributed by atoms with Crippen LogP contribution >= 0.6 is 0 Å². The molecule has 1 aliphatic carbocycles. The van der Waals surface area contributed by atoms with Crippen LogP contribution in [-0.4, -0.2) is 54.7 Å². The van der Waals surface area contributed by atoms with Crippen molar-refractivity contribution in [2.24, 2.45) is 0 Å². The molecule has 6 rings (SSSR count). The summed E-state index contributed by atoms with van der Waals surface area (Å²) in [6.07, 6.45) is 2.89. The number of nitrogens with one attached hydrogen (secondary N) is 1. The number of likely N-dealkylation sites (tertiary alicyclic amines) is 1. The summed E-state index contributed by atoms with van der Waals surface area (Å²) in [6, 6.07) is 22.2. The zero-order valence-corrected chi connectivity index (χ0v) is 20.7. The van der Waals surface area contributed by atoms with Crippen molar-refractivity contribution in [3.8, 4) is 0 Å². The van der Waals surface area contributed by atoms with Gasteiger partial charge in [0.2, 0.25) is 5.91 Å². The number of piperidine rings is 1. The lowest BCUT2D eigenvalue weighted by atomic mass is 9.78. The lowest BCUT2D eigenvalue weighted by molar-refractivity contribution is -0.124. The number of carbonyl (C=O) groups excluding carboxylic acids is 1. The normalized spacial score (nSPS) is 25.4. The minimum Gasteiger partial charge on any atom is -0.392 e. The zero-order chi connectivity index (χ0) is 24.2. The predicted molar refractivity (Wildman–Crippen MR) is 141 cm³/mol. The monoisotopic (exact) mass is 469 g/mol. The molecule has 3 aromatic carbocycles. The number of amides is 1. The number of rotatable bonds is 6. The molecule has 0 radical (unpaired) electrons. The summed E-state index contributed by atoms with van der Waals surface area (Å²) in [7, 11) is 1.83. The Morgan fingerprint density at radius 1 is 1.06 bits per heavy atom. The molecule has 0 saturated carbocycles. The number of hydrogen-bond acceptors (Lipinski definition) is 4. The number of hydrogen-bond donors (Lipinski definition) is 2. The fourth-order valence-electron chi connectivity index (χ4n) is 6.98. The zero-order valence-electron chi connectivity index (χ0n) is 20.7. The molecule has 182 valence electrons. The minimum absolute atomic E-state index is 0.144. The van der Waals surface area contributed by atoms with Gasteiger partial charge in [0.15, 0.2) is 0 Å². The van der Waals surface area contributed by atoms with Gasteiger partial charge in [-0.2, -0.15) is 0 Å². The summed E-state index contributed by atoms with van der Waals surface area (Å²) in [6.45, 7) is 4.48. The first-order chi connectivity index (χ1) is 17.0. The van der Waals surface area contributed by atoms with E-state index in [2.05, 4.69) is 63.6 Å². The van der Waals surface area contributed by atoms with Crippen LogP contribution in [0.2, 0.25) is 0 Å². The first-order valence-electron chi connectivity index (χ1n) is 13.0. The summed E-state index contributed by atoms with van der Waals surface area (Å²) in [5.74, 6) is 0.144. The van der Waals surface area contributed by atoms with E-state index in [0.29, 0.717) is 19.0 Å². The Morgan fingerprint density at radius 3 is 2.57 bits per heavy atom. The predicted octanol–water partition coefficient (Wildman–Crippen LogP) is 4.18. The van der Waals surface area contributed by atoms with Gasteiger partial charge in [0.25, 0.3) is 0 Å². The summed E-state index contributed by atoms with van der Waals surface area (Å²) >= 11 is 0. The minimum atomic E-state index is -0.688. The molecule has 2 N–H and O–H groups in total. The van der Waals surface area contributed by atoms with Crippen molar-refractivity contribution < 1.29 is 9.90 Å². The van der Waals surface area contributed by atoms with Crippen molar-refractivity contribution in [2.75, 3.05) is 31.6 Å². The van der Waals surface area contributed by atoms with Crippen molar-refractivity contribution >= 4 is 22.4 Å². The van der Waals surface area contributed by atoms with Gasteiger partial charge in [0, 0.05) is 37.4 Å². The van der Waals surface area contributed by atoms with Gasteiger partial charge in [-0.25, -0.2) is 0 Å². The third-order valence-corrected chi connectivity index (χ3v) is 8.63. The van der Waals surface area contributed by atoms with Crippen LogP contribution in [0.3, 0.4) is 0 Å². The lowest BCUT2D eigenvalue weighted by Gasteiger charge is -2.40. The Kier molecular flexibility index (Phi) is 5.67. The Morgan fingerprint density at radius 2 is 1.80 bits per heavy atom. The molecule has 5 nitrogen and oxygen atoms in total. The highest BCUT2D eigenvalue weighted by Crippen LogP contribution is 2.47. The van der Waals surface area contributed by atoms with E-state index >= 15 is 0 Å². The highest BCUT2D eigenvalue weighted by molar-refractivity contribution is 6.08. The van der Waals surface area contributed by atoms with Gasteiger partial charge in [-0.3, -0.25) is 9.69 Å². The largest absolute Gasteiger partial charge is 0.392 e. The average molecular weight is 470 g/mol. The topological polar surface area (TPSA) is 55.8 Å². The molecule has 0 spiro atoms. The third-order valence-electron chi connectivity index (χ3n) is 8.63. The molecule has 3 aromatic rings. The number of aliphatic hydroxyl groups is 1. The second-order valence-electron chi connectivity index (χ2n) is 10.8. The first-order valence-corrected chi connectivity index (χ1v) is 13.0. The molecular weight excluding hydrogens is 434 g/mol. The Hall–Kier alpha value is -2.73. The van der Waals surface area contributed by atoms with Crippen LogP contribution in [0.1, 0.15) is 48.9 Å². The van der Waals surface area contributed by atoms with Crippen LogP contribution < -0.4 is 10.2 Å². The molecule has 3 atom stereocenters. The number of likely N-dealkylation sites (N-methyl/N-ethyl adjacent to an activating group) is 1. The van der Waals surface area contributed by atoms with Gasteiger partial charge in [0.05, 0.1) is 11.5 Å². The number of benzene rings is 3. The molecule has 3 aliphatic rings. The van der Waals surface area contributed by atoms with Crippen LogP contribution in [0.25, 0.3) is 10.8 Å². The average Bonchev–Trinajstić information content (AvgIpc) is 3.35. The molecule has 3 unspecified atom stereocenters. The van der Waals surface area contributed by atoms with Crippen LogP contribution in [0, 0.1) is 0 Å². The van der Waals surface area contributed by atoms with Gasteiger partial charge < -0.3 is 15.3 Å². The maximum atomic E-state index is 13.9. The van der Waals surface area contributed by atoms with Gasteiger partial charge in [-0.1, -0.05) is 54.6 Å². The maximum Gasteiger partial charge on any atom is 0.237 e. The maximum absolute atomic E-state index is 13.9. The quantitative estimate of drug-likeness (QED) is 0.569. The fraction of sp³-hybridized carbons (Fsp3) is 0.433. The summed E-state index contributed by atoms with van der Waals surface area (Å²) in [5, 5.41) is 16.4. The summed E-state index contributed by atoms with van der Waals surface area (Å²) < 4.78 is 0. The molecule has 5 heteroatoms. The fourth-order valence-corrected chi connectivity index (χ4v) is 6.98. The van der Waals surface area contributed by atoms with Crippen molar-refractivity contribution in [2.45, 2.75) is 56.2 Å². The van der Waals surface area contributed by atoms with Crippen molar-refractivity contribution in [1.29, 1.82) is 0 Å². The second-order valence-corrected chi connectivity index (χ2v) is 10.8. The van der Waals surface area contributed by atoms with Gasteiger partial charge in [-0.15, -0.1) is 0 Å². The van der Waals surface area contributed by atoms with Crippen molar-refractivity contribution in [1.82, 2.24) is 10.2 Å². The molecular formula is C30H35N3O2. The van der Waals surface area contributed by atoms with E-state index in [0.717, 1.165) is 43.6 Å². The van der Waals surface area contributed by atoms with E-state index in [4.69, 9.17) is 0 Å². The van der Waals surface area contributed by atoms with E-state index in [-0.39, 0.29) is 11.9 Å². The lowest BCUT2D eigenvalue weighted by Crippen LogP contribution is -2.50. The van der Waals surface area contributed by atoms with Gasteiger partial charge in [-0.05, 0) is 73.2 Å². The number of anilines is 1. The molecule has 2 aliphatic heterocycles. The third kappa shape index (κ3) is 3.60.